The monoisotopic (exact) mass is 283 g/mol. The summed E-state index contributed by atoms with van der Waals surface area (Å²) in [5.74, 6) is -0.158. The van der Waals surface area contributed by atoms with Crippen molar-refractivity contribution < 1.29 is 9.90 Å². The van der Waals surface area contributed by atoms with Crippen LogP contribution in [0.3, 0.4) is 0 Å². The smallest absolute Gasteiger partial charge is 0.251 e. The van der Waals surface area contributed by atoms with Crippen LogP contribution in [-0.4, -0.2) is 17.6 Å². The molecule has 2 rings (SSSR count). The highest BCUT2D eigenvalue weighted by atomic mass is 16.3. The minimum atomic E-state index is -0.693. The Morgan fingerprint density at radius 1 is 1.10 bits per heavy atom. The maximum atomic E-state index is 12.1. The van der Waals surface area contributed by atoms with E-state index in [2.05, 4.69) is 5.32 Å². The molecule has 0 bridgehead atoms. The molecule has 2 aromatic carbocycles. The highest BCUT2D eigenvalue weighted by Crippen LogP contribution is 2.16. The number of carbonyl (C=O) groups is 1. The van der Waals surface area contributed by atoms with Gasteiger partial charge in [-0.15, -0.1) is 0 Å². The molecule has 0 aliphatic rings. The average Bonchev–Trinajstić information content (AvgIpc) is 2.43. The lowest BCUT2D eigenvalue weighted by molar-refractivity contribution is 0.0915. The number of aliphatic hydroxyl groups excluding tert-OH is 1. The molecule has 0 heterocycles. The zero-order valence-corrected chi connectivity index (χ0v) is 12.7. The van der Waals surface area contributed by atoms with Gasteiger partial charge in [-0.25, -0.2) is 0 Å². The lowest BCUT2D eigenvalue weighted by atomic mass is 10.0. The van der Waals surface area contributed by atoms with E-state index in [1.165, 1.54) is 0 Å². The number of hydrogen-bond acceptors (Lipinski definition) is 2. The van der Waals surface area contributed by atoms with Crippen LogP contribution >= 0.6 is 0 Å². The second-order valence-electron chi connectivity index (χ2n) is 5.46. The van der Waals surface area contributed by atoms with Crippen molar-refractivity contribution >= 4 is 5.91 Å². The van der Waals surface area contributed by atoms with E-state index in [0.29, 0.717) is 5.56 Å². The normalized spacial score (nSPS) is 12.0. The molecule has 3 heteroatoms. The Bertz CT molecular complexity index is 629. The Hall–Kier alpha value is -2.13. The topological polar surface area (TPSA) is 49.3 Å². The number of aryl methyl sites for hydroxylation is 3. The summed E-state index contributed by atoms with van der Waals surface area (Å²) in [6.45, 7) is 6.08. The number of carbonyl (C=O) groups excluding carboxylic acids is 1. The first-order valence-corrected chi connectivity index (χ1v) is 7.07. The van der Waals surface area contributed by atoms with Gasteiger partial charge in [0, 0.05) is 12.1 Å². The third-order valence-corrected chi connectivity index (χ3v) is 3.49. The fraction of sp³-hybridized carbons (Fsp3) is 0.278. The molecule has 110 valence electrons. The molecule has 0 aliphatic carbocycles. The summed E-state index contributed by atoms with van der Waals surface area (Å²) in [6, 6.07) is 13.4. The Balaban J connectivity index is 2.02. The summed E-state index contributed by atoms with van der Waals surface area (Å²) in [5.41, 5.74) is 4.60. The maximum absolute atomic E-state index is 12.1. The van der Waals surface area contributed by atoms with Crippen molar-refractivity contribution in [3.63, 3.8) is 0 Å². The van der Waals surface area contributed by atoms with Gasteiger partial charge in [0.25, 0.3) is 5.91 Å². The number of amides is 1. The predicted octanol–water partition coefficient (Wildman–Crippen LogP) is 3.08. The van der Waals surface area contributed by atoms with Gasteiger partial charge in [0.15, 0.2) is 0 Å². The second-order valence-corrected chi connectivity index (χ2v) is 5.46. The van der Waals surface area contributed by atoms with Gasteiger partial charge in [-0.05, 0) is 44.0 Å². The lowest BCUT2D eigenvalue weighted by Gasteiger charge is -2.15. The number of hydrogen-bond donors (Lipinski definition) is 2. The number of benzene rings is 2. The SMILES string of the molecule is Cc1cc(C)cc(C(=O)NCC(O)c2ccccc2C)c1. The van der Waals surface area contributed by atoms with Crippen LogP contribution in [0.25, 0.3) is 0 Å². The van der Waals surface area contributed by atoms with Crippen molar-refractivity contribution in [1.82, 2.24) is 5.32 Å². The van der Waals surface area contributed by atoms with Gasteiger partial charge < -0.3 is 10.4 Å². The fourth-order valence-electron chi connectivity index (χ4n) is 2.47. The molecule has 0 saturated carbocycles. The molecule has 0 aliphatic heterocycles. The molecule has 2 aromatic rings. The van der Waals surface area contributed by atoms with Crippen LogP contribution in [-0.2, 0) is 0 Å². The van der Waals surface area contributed by atoms with Crippen LogP contribution in [0.5, 0.6) is 0 Å². The van der Waals surface area contributed by atoms with Gasteiger partial charge >= 0.3 is 0 Å². The maximum Gasteiger partial charge on any atom is 0.251 e. The molecule has 0 spiro atoms. The first kappa shape index (κ1) is 15.3. The minimum Gasteiger partial charge on any atom is -0.387 e. The van der Waals surface area contributed by atoms with E-state index in [4.69, 9.17) is 0 Å². The van der Waals surface area contributed by atoms with Crippen molar-refractivity contribution in [3.8, 4) is 0 Å². The van der Waals surface area contributed by atoms with Crippen molar-refractivity contribution in [2.75, 3.05) is 6.54 Å². The summed E-state index contributed by atoms with van der Waals surface area (Å²) >= 11 is 0. The van der Waals surface area contributed by atoms with E-state index in [0.717, 1.165) is 22.3 Å². The van der Waals surface area contributed by atoms with Gasteiger partial charge in [-0.2, -0.15) is 0 Å². The van der Waals surface area contributed by atoms with E-state index in [9.17, 15) is 9.90 Å². The second kappa shape index (κ2) is 6.55. The standard InChI is InChI=1S/C18H21NO2/c1-12-8-13(2)10-15(9-12)18(21)19-11-17(20)16-7-5-4-6-14(16)3/h4-10,17,20H,11H2,1-3H3,(H,19,21). The average molecular weight is 283 g/mol. The molecule has 1 unspecified atom stereocenters. The summed E-state index contributed by atoms with van der Waals surface area (Å²) in [4.78, 5) is 12.1. The quantitative estimate of drug-likeness (QED) is 0.906. The predicted molar refractivity (Wildman–Crippen MR) is 84.4 cm³/mol. The van der Waals surface area contributed by atoms with Gasteiger partial charge in [0.2, 0.25) is 0 Å². The van der Waals surface area contributed by atoms with Crippen molar-refractivity contribution in [2.24, 2.45) is 0 Å². The van der Waals surface area contributed by atoms with Crippen molar-refractivity contribution in [3.05, 3.63) is 70.3 Å². The van der Waals surface area contributed by atoms with E-state index < -0.39 is 6.10 Å². The lowest BCUT2D eigenvalue weighted by Crippen LogP contribution is -2.28. The highest BCUT2D eigenvalue weighted by Gasteiger charge is 2.12. The summed E-state index contributed by atoms with van der Waals surface area (Å²) in [7, 11) is 0. The van der Waals surface area contributed by atoms with Gasteiger partial charge in [-0.3, -0.25) is 4.79 Å². The van der Waals surface area contributed by atoms with Gasteiger partial charge in [0.1, 0.15) is 0 Å². The Morgan fingerprint density at radius 2 is 1.71 bits per heavy atom. The molecular formula is C18H21NO2. The van der Waals surface area contributed by atoms with E-state index >= 15 is 0 Å². The van der Waals surface area contributed by atoms with Crippen LogP contribution in [0, 0.1) is 20.8 Å². The van der Waals surface area contributed by atoms with Crippen molar-refractivity contribution in [2.45, 2.75) is 26.9 Å². The molecule has 0 fully saturated rings. The first-order valence-electron chi connectivity index (χ1n) is 7.07. The highest BCUT2D eigenvalue weighted by molar-refractivity contribution is 5.94. The van der Waals surface area contributed by atoms with Crippen LogP contribution in [0.15, 0.2) is 42.5 Å². The molecule has 0 aromatic heterocycles. The van der Waals surface area contributed by atoms with E-state index in [1.807, 2.05) is 63.2 Å². The molecule has 3 nitrogen and oxygen atoms in total. The van der Waals surface area contributed by atoms with Crippen LogP contribution in [0.2, 0.25) is 0 Å². The third-order valence-electron chi connectivity index (χ3n) is 3.49. The first-order chi connectivity index (χ1) is 9.97. The van der Waals surface area contributed by atoms with Gasteiger partial charge in [-0.1, -0.05) is 41.5 Å². The van der Waals surface area contributed by atoms with Crippen molar-refractivity contribution in [1.29, 1.82) is 0 Å². The Morgan fingerprint density at radius 3 is 2.33 bits per heavy atom. The third kappa shape index (κ3) is 3.92. The van der Waals surface area contributed by atoms with Gasteiger partial charge in [0.05, 0.1) is 6.10 Å². The molecule has 21 heavy (non-hydrogen) atoms. The minimum absolute atomic E-state index is 0.158. The Kier molecular flexibility index (Phi) is 4.76. The largest absolute Gasteiger partial charge is 0.387 e. The van der Waals surface area contributed by atoms with Crippen LogP contribution in [0.4, 0.5) is 0 Å². The zero-order chi connectivity index (χ0) is 15.4. The molecule has 0 radical (unpaired) electrons. The number of aliphatic hydroxyl groups is 1. The molecule has 2 N–H and O–H groups in total. The summed E-state index contributed by atoms with van der Waals surface area (Å²) < 4.78 is 0. The molecule has 1 atom stereocenters. The molecule has 1 amide bonds. The number of rotatable bonds is 4. The van der Waals surface area contributed by atoms with Crippen LogP contribution < -0.4 is 5.32 Å². The summed E-state index contributed by atoms with van der Waals surface area (Å²) in [6.07, 6.45) is -0.693. The molecular weight excluding hydrogens is 262 g/mol. The van der Waals surface area contributed by atoms with Crippen LogP contribution in [0.1, 0.15) is 38.7 Å². The zero-order valence-electron chi connectivity index (χ0n) is 12.7. The molecule has 0 saturated heterocycles. The van der Waals surface area contributed by atoms with E-state index in [-0.39, 0.29) is 12.5 Å². The fourth-order valence-corrected chi connectivity index (χ4v) is 2.47. The summed E-state index contributed by atoms with van der Waals surface area (Å²) in [5, 5.41) is 13.0. The van der Waals surface area contributed by atoms with E-state index in [1.54, 1.807) is 0 Å². The Labute approximate surface area is 125 Å². The number of nitrogens with one attached hydrogen (secondary N) is 1.